The fraction of sp³-hybridized carbons (Fsp3) is 0.268. The molecule has 0 saturated carbocycles. The summed E-state index contributed by atoms with van der Waals surface area (Å²) in [6, 6.07) is 30.8. The lowest BCUT2D eigenvalue weighted by Gasteiger charge is -2.23. The second-order valence-corrected chi connectivity index (χ2v) is 13.8. The highest BCUT2D eigenvalue weighted by Crippen LogP contribution is 2.43. The average Bonchev–Trinajstić information content (AvgIpc) is 3.40. The van der Waals surface area contributed by atoms with Crippen LogP contribution >= 0.6 is 11.3 Å². The Morgan fingerprint density at radius 3 is 2.30 bits per heavy atom. The summed E-state index contributed by atoms with van der Waals surface area (Å²) in [5, 5.41) is 5.78. The maximum absolute atomic E-state index is 14.4. The number of carbonyl (C=O) groups is 1. The lowest BCUT2D eigenvalue weighted by atomic mass is 9.90. The van der Waals surface area contributed by atoms with Crippen molar-refractivity contribution in [3.05, 3.63) is 118 Å². The van der Waals surface area contributed by atoms with Crippen LogP contribution in [0.15, 0.2) is 95.8 Å². The number of hydrogen-bond donors (Lipinski definition) is 1. The molecule has 5 nitrogen and oxygen atoms in total. The Hall–Kier alpha value is -4.52. The number of unbranched alkanes of at least 4 members (excludes halogenated alkanes) is 1. The van der Waals surface area contributed by atoms with Crippen LogP contribution in [-0.2, 0) is 16.2 Å². The molecule has 2 heterocycles. The van der Waals surface area contributed by atoms with Crippen LogP contribution in [0.25, 0.3) is 52.8 Å². The van der Waals surface area contributed by atoms with E-state index in [1.54, 1.807) is 11.3 Å². The molecule has 0 amide bonds. The van der Waals surface area contributed by atoms with Gasteiger partial charge in [-0.1, -0.05) is 93.8 Å². The number of nitrogens with one attached hydrogen (secondary N) is 1. The number of hydrogen-bond acceptors (Lipinski definition) is 5. The molecular weight excluding hydrogens is 601 g/mol. The third-order valence-electron chi connectivity index (χ3n) is 9.72. The predicted octanol–water partition coefficient (Wildman–Crippen LogP) is 10.4. The Morgan fingerprint density at radius 2 is 1.55 bits per heavy atom. The van der Waals surface area contributed by atoms with Crippen molar-refractivity contribution in [2.24, 2.45) is 5.92 Å². The highest BCUT2D eigenvalue weighted by atomic mass is 32.1. The molecule has 7 rings (SSSR count). The molecule has 1 N–H and O–H groups in total. The normalized spacial score (nSPS) is 13.2. The quantitative estimate of drug-likeness (QED) is 0.119. The molecule has 0 bridgehead atoms. The van der Waals surface area contributed by atoms with E-state index < -0.39 is 12.0 Å². The largest absolute Gasteiger partial charge is 0.370 e. The van der Waals surface area contributed by atoms with Gasteiger partial charge in [-0.15, -0.1) is 16.8 Å². The molecule has 2 aromatic heterocycles. The zero-order valence-corrected chi connectivity index (χ0v) is 28.2. The molecule has 0 radical (unpaired) electrons. The summed E-state index contributed by atoms with van der Waals surface area (Å²) in [5.74, 6) is 0.109. The third-order valence-corrected chi connectivity index (χ3v) is 10.9. The van der Waals surface area contributed by atoms with Crippen LogP contribution in [0.1, 0.15) is 69.2 Å². The number of nitrogens with zero attached hydrogens (tertiary/aromatic N) is 1. The monoisotopic (exact) mass is 640 g/mol. The van der Waals surface area contributed by atoms with E-state index in [-0.39, 0.29) is 5.43 Å². The second-order valence-electron chi connectivity index (χ2n) is 12.7. The Labute approximate surface area is 278 Å². The van der Waals surface area contributed by atoms with Gasteiger partial charge in [-0.05, 0) is 71.7 Å². The minimum atomic E-state index is -0.425. The molecule has 0 fully saturated rings. The van der Waals surface area contributed by atoms with E-state index in [1.165, 1.54) is 26.2 Å². The number of hydroxylamine groups is 1. The zero-order valence-electron chi connectivity index (χ0n) is 27.4. The molecule has 238 valence electrons. The van der Waals surface area contributed by atoms with Crippen LogP contribution < -0.4 is 10.9 Å². The van der Waals surface area contributed by atoms with Gasteiger partial charge in [0.05, 0.1) is 11.6 Å². The van der Waals surface area contributed by atoms with Crippen molar-refractivity contribution in [2.75, 3.05) is 0 Å². The van der Waals surface area contributed by atoms with Crippen molar-refractivity contribution in [3.8, 4) is 0 Å². The molecule has 0 spiro atoms. The number of carbonyl (C=O) groups excluding carboxylic acids is 1. The molecular formula is C41H40N2O3S. The summed E-state index contributed by atoms with van der Waals surface area (Å²) in [7, 11) is 0. The van der Waals surface area contributed by atoms with E-state index in [9.17, 15) is 9.59 Å². The van der Waals surface area contributed by atoms with Crippen molar-refractivity contribution < 1.29 is 9.63 Å². The lowest BCUT2D eigenvalue weighted by Crippen LogP contribution is -2.26. The van der Waals surface area contributed by atoms with Crippen LogP contribution in [0.5, 0.6) is 0 Å². The first kappa shape index (κ1) is 31.1. The lowest BCUT2D eigenvalue weighted by molar-refractivity contribution is -0.149. The highest BCUT2D eigenvalue weighted by molar-refractivity contribution is 7.24. The van der Waals surface area contributed by atoms with Gasteiger partial charge in [0.25, 0.3) is 0 Å². The molecule has 6 heteroatoms. The average molecular weight is 641 g/mol. The van der Waals surface area contributed by atoms with Gasteiger partial charge in [0.2, 0.25) is 0 Å². The van der Waals surface area contributed by atoms with Crippen molar-refractivity contribution in [1.29, 1.82) is 0 Å². The third kappa shape index (κ3) is 5.49. The summed E-state index contributed by atoms with van der Waals surface area (Å²) in [5.41, 5.74) is 8.54. The zero-order chi connectivity index (χ0) is 32.7. The number of rotatable bonds is 10. The van der Waals surface area contributed by atoms with Gasteiger partial charge in [0.15, 0.2) is 5.43 Å². The molecule has 0 aliphatic rings. The van der Waals surface area contributed by atoms with Gasteiger partial charge in [-0.3, -0.25) is 9.59 Å². The van der Waals surface area contributed by atoms with Gasteiger partial charge in [-0.25, -0.2) is 0 Å². The smallest absolute Gasteiger partial charge is 0.321 e. The van der Waals surface area contributed by atoms with Gasteiger partial charge in [0, 0.05) is 55.3 Å². The van der Waals surface area contributed by atoms with Crippen molar-refractivity contribution in [3.63, 3.8) is 0 Å². The van der Waals surface area contributed by atoms with Crippen molar-refractivity contribution >= 4 is 70.1 Å². The summed E-state index contributed by atoms with van der Waals surface area (Å²) in [6.07, 6.45) is 4.62. The van der Waals surface area contributed by atoms with E-state index in [0.717, 1.165) is 82.4 Å². The number of benzene rings is 5. The van der Waals surface area contributed by atoms with Crippen LogP contribution in [-0.4, -0.2) is 10.5 Å². The van der Waals surface area contributed by atoms with Crippen molar-refractivity contribution in [2.45, 2.75) is 66.0 Å². The topological polar surface area (TPSA) is 60.3 Å². The number of aryl methyl sites for hydroxylation is 1. The van der Waals surface area contributed by atoms with E-state index in [4.69, 9.17) is 4.84 Å². The molecule has 2 unspecified atom stereocenters. The van der Waals surface area contributed by atoms with Crippen LogP contribution in [0, 0.1) is 12.8 Å². The number of aromatic nitrogens is 1. The Bertz CT molecular complexity index is 2350. The highest BCUT2D eigenvalue weighted by Gasteiger charge is 2.26. The van der Waals surface area contributed by atoms with E-state index in [2.05, 4.69) is 85.4 Å². The van der Waals surface area contributed by atoms with Crippen LogP contribution in [0.2, 0.25) is 0 Å². The molecule has 47 heavy (non-hydrogen) atoms. The first-order valence-corrected chi connectivity index (χ1v) is 17.5. The van der Waals surface area contributed by atoms with Gasteiger partial charge in [-0.2, -0.15) is 0 Å². The van der Waals surface area contributed by atoms with Gasteiger partial charge in [0.1, 0.15) is 0 Å². The van der Waals surface area contributed by atoms with Gasteiger partial charge >= 0.3 is 5.97 Å². The summed E-state index contributed by atoms with van der Waals surface area (Å²) in [6.45, 7) is 8.91. The minimum Gasteiger partial charge on any atom is -0.370 e. The molecule has 7 aromatic rings. The summed E-state index contributed by atoms with van der Waals surface area (Å²) in [4.78, 5) is 32.1. The molecule has 0 aliphatic heterocycles. The molecule has 0 saturated heterocycles. The predicted molar refractivity (Wildman–Crippen MR) is 197 cm³/mol. The molecule has 0 aliphatic carbocycles. The van der Waals surface area contributed by atoms with E-state index >= 15 is 0 Å². The van der Waals surface area contributed by atoms with Crippen molar-refractivity contribution in [1.82, 2.24) is 10.0 Å². The minimum absolute atomic E-state index is 0.0697. The maximum Gasteiger partial charge on any atom is 0.321 e. The first-order chi connectivity index (χ1) is 22.9. The molecule has 5 aromatic carbocycles. The summed E-state index contributed by atoms with van der Waals surface area (Å²) >= 11 is 1.67. The summed E-state index contributed by atoms with van der Waals surface area (Å²) < 4.78 is 4.47. The molecule has 2 atom stereocenters. The van der Waals surface area contributed by atoms with E-state index in [0.29, 0.717) is 5.92 Å². The standard InChI is InChI=1S/C41H40N2O3S/c1-5-7-15-27(6-2)24-43-34-21-22-36-38(41(45)31-19-12-13-20-35(31)47-36)37(34)33-23-32(29-17-10-11-18-30(29)40(33)43)39(42-46-26(4)44)28-16-9-8-14-25(28)3/h8-14,16-23,27,39,42H,5-7,15,24H2,1-4H3. The Morgan fingerprint density at radius 1 is 0.830 bits per heavy atom. The fourth-order valence-electron chi connectivity index (χ4n) is 7.32. The second kappa shape index (κ2) is 12.9. The van der Waals surface area contributed by atoms with Crippen LogP contribution in [0.4, 0.5) is 0 Å². The number of fused-ring (bicyclic) bond motifs is 8. The first-order valence-electron chi connectivity index (χ1n) is 16.7. The van der Waals surface area contributed by atoms with Crippen LogP contribution in [0.3, 0.4) is 0 Å². The Balaban J connectivity index is 1.64. The maximum atomic E-state index is 14.4. The Kier molecular flexibility index (Phi) is 8.56. The van der Waals surface area contributed by atoms with E-state index in [1.807, 2.05) is 36.4 Å². The SMILES string of the molecule is CCCCC(CC)Cn1c2ccc3sc4ccccc4c(=O)c3c2c2cc(C(NOC(C)=O)c3ccccc3C)c3ccccc3c21. The fourth-order valence-corrected chi connectivity index (χ4v) is 8.41. The van der Waals surface area contributed by atoms with Gasteiger partial charge < -0.3 is 9.40 Å².